The summed E-state index contributed by atoms with van der Waals surface area (Å²) in [6.07, 6.45) is 0.842. The first-order chi connectivity index (χ1) is 20.0. The van der Waals surface area contributed by atoms with Crippen molar-refractivity contribution in [3.05, 3.63) is 76.9 Å². The summed E-state index contributed by atoms with van der Waals surface area (Å²) < 4.78 is 25.8. The number of aromatic nitrogens is 1. The zero-order chi connectivity index (χ0) is 31.7. The lowest BCUT2D eigenvalue weighted by Gasteiger charge is -2.41. The summed E-state index contributed by atoms with van der Waals surface area (Å²) in [4.78, 5) is 19.9. The third-order valence-electron chi connectivity index (χ3n) is 8.34. The molecule has 0 bridgehead atoms. The lowest BCUT2D eigenvalue weighted by Crippen LogP contribution is -2.39. The van der Waals surface area contributed by atoms with Crippen molar-refractivity contribution in [3.8, 4) is 16.9 Å². The van der Waals surface area contributed by atoms with Gasteiger partial charge in [0.05, 0.1) is 17.9 Å². The molecule has 2 aromatic carbocycles. The number of hydrogen-bond donors (Lipinski definition) is 1. The van der Waals surface area contributed by atoms with Crippen LogP contribution in [0, 0.1) is 25.1 Å². The van der Waals surface area contributed by atoms with Crippen LogP contribution in [-0.4, -0.2) is 41.4 Å². The first-order valence-electron chi connectivity index (χ1n) is 15.1. The number of aryl methyl sites for hydroxylation is 2. The number of carbonyl (C=O) groups is 1. The molecule has 4 rings (SSSR count). The van der Waals surface area contributed by atoms with Crippen molar-refractivity contribution < 1.29 is 23.8 Å². The highest BCUT2D eigenvalue weighted by atomic mass is 19.1. The van der Waals surface area contributed by atoms with Crippen LogP contribution >= 0.6 is 0 Å². The Balaban J connectivity index is 1.74. The summed E-state index contributed by atoms with van der Waals surface area (Å²) >= 11 is 0. The van der Waals surface area contributed by atoms with Crippen molar-refractivity contribution in [2.24, 2.45) is 5.41 Å². The SMILES string of the molecule is Cc1nc(C)c([C@H](OC(C)(C)C)C(=O)O)c(N2CCC(C)(C)CC2)c1-c1ccc(OCC(C)(C)c2ccc(F)cc2)cc1. The van der Waals surface area contributed by atoms with Crippen molar-refractivity contribution >= 4 is 11.7 Å². The van der Waals surface area contributed by atoms with E-state index >= 15 is 0 Å². The lowest BCUT2D eigenvalue weighted by molar-refractivity contribution is -0.160. The van der Waals surface area contributed by atoms with Gasteiger partial charge in [0.25, 0.3) is 0 Å². The number of nitrogens with zero attached hydrogens (tertiary/aromatic N) is 2. The van der Waals surface area contributed by atoms with E-state index in [1.54, 1.807) is 12.1 Å². The molecule has 2 heterocycles. The molecule has 0 radical (unpaired) electrons. The summed E-state index contributed by atoms with van der Waals surface area (Å²) in [5.74, 6) is -0.564. The van der Waals surface area contributed by atoms with Gasteiger partial charge in [-0.3, -0.25) is 4.98 Å². The second kappa shape index (κ2) is 12.3. The largest absolute Gasteiger partial charge is 0.493 e. The molecule has 1 fully saturated rings. The van der Waals surface area contributed by atoms with Gasteiger partial charge in [0, 0.05) is 41.0 Å². The highest BCUT2D eigenvalue weighted by Gasteiger charge is 2.36. The fraction of sp³-hybridized carbons (Fsp3) is 0.500. The molecule has 1 aromatic heterocycles. The van der Waals surface area contributed by atoms with E-state index in [4.69, 9.17) is 14.5 Å². The smallest absolute Gasteiger partial charge is 0.337 e. The Morgan fingerprint density at radius 3 is 2.09 bits per heavy atom. The van der Waals surface area contributed by atoms with Gasteiger partial charge in [-0.05, 0) is 88.3 Å². The highest BCUT2D eigenvalue weighted by molar-refractivity contribution is 5.88. The van der Waals surface area contributed by atoms with Gasteiger partial charge >= 0.3 is 5.97 Å². The van der Waals surface area contributed by atoms with Gasteiger partial charge in [-0.25, -0.2) is 9.18 Å². The molecule has 0 spiro atoms. The van der Waals surface area contributed by atoms with Gasteiger partial charge in [-0.2, -0.15) is 0 Å². The minimum Gasteiger partial charge on any atom is -0.493 e. The van der Waals surface area contributed by atoms with Crippen LogP contribution in [0.5, 0.6) is 5.75 Å². The van der Waals surface area contributed by atoms with Gasteiger partial charge in [-0.15, -0.1) is 0 Å². The number of halogens is 1. The molecule has 0 unspecified atom stereocenters. The Bertz CT molecular complexity index is 1430. The Morgan fingerprint density at radius 1 is 0.977 bits per heavy atom. The zero-order valence-electron chi connectivity index (χ0n) is 27.2. The fourth-order valence-electron chi connectivity index (χ4n) is 5.72. The Kier molecular flexibility index (Phi) is 9.27. The van der Waals surface area contributed by atoms with E-state index in [-0.39, 0.29) is 16.6 Å². The number of benzene rings is 2. The molecule has 232 valence electrons. The summed E-state index contributed by atoms with van der Waals surface area (Å²) in [5, 5.41) is 10.4. The average molecular weight is 591 g/mol. The number of hydrogen-bond acceptors (Lipinski definition) is 5. The van der Waals surface area contributed by atoms with Crippen LogP contribution in [0.25, 0.3) is 11.1 Å². The molecule has 0 aliphatic carbocycles. The number of piperidine rings is 1. The van der Waals surface area contributed by atoms with E-state index in [0.29, 0.717) is 17.9 Å². The van der Waals surface area contributed by atoms with Gasteiger partial charge in [0.2, 0.25) is 0 Å². The predicted octanol–water partition coefficient (Wildman–Crippen LogP) is 8.43. The third kappa shape index (κ3) is 7.74. The molecule has 1 atom stereocenters. The first kappa shape index (κ1) is 32.5. The van der Waals surface area contributed by atoms with Crippen molar-refractivity contribution in [1.82, 2.24) is 4.98 Å². The number of carboxylic acid groups (broad SMARTS) is 1. The van der Waals surface area contributed by atoms with Crippen LogP contribution in [0.2, 0.25) is 0 Å². The lowest BCUT2D eigenvalue weighted by atomic mass is 9.82. The predicted molar refractivity (Wildman–Crippen MR) is 171 cm³/mol. The number of aliphatic carboxylic acids is 1. The molecule has 0 saturated carbocycles. The maximum absolute atomic E-state index is 13.4. The van der Waals surface area contributed by atoms with Crippen LogP contribution in [0.4, 0.5) is 10.1 Å². The van der Waals surface area contributed by atoms with Gasteiger partial charge in [0.15, 0.2) is 6.10 Å². The molecular weight excluding hydrogens is 543 g/mol. The van der Waals surface area contributed by atoms with Crippen molar-refractivity contribution in [2.75, 3.05) is 24.6 Å². The van der Waals surface area contributed by atoms with E-state index in [1.807, 2.05) is 58.9 Å². The van der Waals surface area contributed by atoms with Crippen LogP contribution in [0.15, 0.2) is 48.5 Å². The summed E-state index contributed by atoms with van der Waals surface area (Å²) in [5.41, 5.74) is 5.12. The van der Waals surface area contributed by atoms with Gasteiger partial charge in [-0.1, -0.05) is 52.0 Å². The second-order valence-electron chi connectivity index (χ2n) is 14.2. The Morgan fingerprint density at radius 2 is 1.56 bits per heavy atom. The standard InChI is InChI=1S/C36H47FN2O4/c1-23-29(25-10-16-28(17-11-25)42-22-36(8,9)26-12-14-27(37)15-13-26)31(39-20-18-35(6,7)19-21-39)30(24(2)38-23)32(33(40)41)43-34(3,4)5/h10-17,32H,18-22H2,1-9H3,(H,40,41)/t32-/m0/s1. The van der Waals surface area contributed by atoms with Crippen LogP contribution in [-0.2, 0) is 14.9 Å². The molecule has 3 aromatic rings. The molecule has 7 heteroatoms. The van der Waals surface area contributed by atoms with Gasteiger partial charge < -0.3 is 19.5 Å². The average Bonchev–Trinajstić information content (AvgIpc) is 2.91. The minimum absolute atomic E-state index is 0.225. The zero-order valence-corrected chi connectivity index (χ0v) is 27.2. The molecule has 0 amide bonds. The molecule has 1 saturated heterocycles. The fourth-order valence-corrected chi connectivity index (χ4v) is 5.72. The van der Waals surface area contributed by atoms with E-state index in [2.05, 4.69) is 32.6 Å². The monoisotopic (exact) mass is 590 g/mol. The highest BCUT2D eigenvalue weighted by Crippen LogP contribution is 2.45. The molecule has 1 N–H and O–H groups in total. The Hall–Kier alpha value is -3.45. The summed E-state index contributed by atoms with van der Waals surface area (Å²) in [6, 6.07) is 14.5. The van der Waals surface area contributed by atoms with Crippen molar-refractivity contribution in [1.29, 1.82) is 0 Å². The first-order valence-corrected chi connectivity index (χ1v) is 15.1. The van der Waals surface area contributed by atoms with Crippen LogP contribution in [0.1, 0.15) is 89.9 Å². The normalized spacial score (nSPS) is 16.2. The molecule has 1 aliphatic heterocycles. The maximum atomic E-state index is 13.4. The Labute approximate surface area is 256 Å². The summed E-state index contributed by atoms with van der Waals surface area (Å²) in [7, 11) is 0. The van der Waals surface area contributed by atoms with Crippen LogP contribution in [0.3, 0.4) is 0 Å². The van der Waals surface area contributed by atoms with E-state index in [1.165, 1.54) is 12.1 Å². The van der Waals surface area contributed by atoms with Crippen molar-refractivity contribution in [2.45, 2.75) is 92.3 Å². The topological polar surface area (TPSA) is 71.9 Å². The number of ether oxygens (including phenoxy) is 2. The minimum atomic E-state index is -1.16. The third-order valence-corrected chi connectivity index (χ3v) is 8.34. The van der Waals surface area contributed by atoms with Crippen molar-refractivity contribution in [3.63, 3.8) is 0 Å². The van der Waals surface area contributed by atoms with Gasteiger partial charge in [0.1, 0.15) is 11.6 Å². The van der Waals surface area contributed by atoms with E-state index < -0.39 is 17.7 Å². The summed E-state index contributed by atoms with van der Waals surface area (Å²) in [6.45, 7) is 20.3. The molecule has 6 nitrogen and oxygen atoms in total. The quantitative estimate of drug-likeness (QED) is 0.270. The number of carboxylic acids is 1. The molecular formula is C36H47FN2O4. The molecule has 43 heavy (non-hydrogen) atoms. The number of pyridine rings is 1. The van der Waals surface area contributed by atoms with Crippen LogP contribution < -0.4 is 9.64 Å². The second-order valence-corrected chi connectivity index (χ2v) is 14.2. The number of anilines is 1. The number of rotatable bonds is 9. The maximum Gasteiger partial charge on any atom is 0.337 e. The molecule has 1 aliphatic rings. The van der Waals surface area contributed by atoms with E-state index in [9.17, 15) is 14.3 Å². The van der Waals surface area contributed by atoms with E-state index in [0.717, 1.165) is 59.8 Å².